The third-order valence-electron chi connectivity index (χ3n) is 1.85. The summed E-state index contributed by atoms with van der Waals surface area (Å²) in [4.78, 5) is 0. The maximum Gasteiger partial charge on any atom is 0.175 e. The lowest BCUT2D eigenvalue weighted by molar-refractivity contribution is 0.271. The molecule has 0 bridgehead atoms. The highest BCUT2D eigenvalue weighted by Crippen LogP contribution is 2.22. The van der Waals surface area contributed by atoms with Crippen molar-refractivity contribution in [2.45, 2.75) is 6.10 Å². The fourth-order valence-electron chi connectivity index (χ4n) is 1.05. The van der Waals surface area contributed by atoms with E-state index in [1.54, 1.807) is 6.07 Å². The Kier molecular flexibility index (Phi) is 4.02. The highest BCUT2D eigenvalue weighted by atomic mass is 35.5. The van der Waals surface area contributed by atoms with E-state index in [0.29, 0.717) is 0 Å². The van der Waals surface area contributed by atoms with Crippen molar-refractivity contribution < 1.29 is 9.50 Å². The fraction of sp³-hybridized carbons (Fsp3) is 0.0909. The number of hydrogen-bond acceptors (Lipinski definition) is 3. The van der Waals surface area contributed by atoms with E-state index in [-0.39, 0.29) is 16.2 Å². The average Bonchev–Trinajstić information content (AvgIpc) is 2.28. The van der Waals surface area contributed by atoms with Crippen molar-refractivity contribution in [3.05, 3.63) is 40.2 Å². The molecule has 1 N–H and O–H groups in total. The van der Waals surface area contributed by atoms with Crippen molar-refractivity contribution in [2.24, 2.45) is 0 Å². The summed E-state index contributed by atoms with van der Waals surface area (Å²) in [6, 6.07) is 7.13. The first kappa shape index (κ1) is 12.2. The number of hydrogen-bond donors (Lipinski definition) is 1. The predicted molar refractivity (Wildman–Crippen MR) is 56.6 cm³/mol. The Bertz CT molecular complexity index is 493. The van der Waals surface area contributed by atoms with Crippen LogP contribution in [0.25, 0.3) is 6.08 Å². The zero-order valence-corrected chi connectivity index (χ0v) is 8.74. The van der Waals surface area contributed by atoms with Gasteiger partial charge in [0.1, 0.15) is 5.82 Å². The van der Waals surface area contributed by atoms with Crippen LogP contribution < -0.4 is 0 Å². The first-order chi connectivity index (χ1) is 7.60. The van der Waals surface area contributed by atoms with Crippen LogP contribution in [0.15, 0.2) is 23.8 Å². The van der Waals surface area contributed by atoms with E-state index in [4.69, 9.17) is 27.2 Å². The zero-order chi connectivity index (χ0) is 12.1. The van der Waals surface area contributed by atoms with Gasteiger partial charge in [0, 0.05) is 5.56 Å². The summed E-state index contributed by atoms with van der Waals surface area (Å²) < 4.78 is 13.3. The number of nitriles is 2. The molecule has 0 radical (unpaired) electrons. The van der Waals surface area contributed by atoms with E-state index in [1.165, 1.54) is 24.3 Å². The summed E-state index contributed by atoms with van der Waals surface area (Å²) in [5.41, 5.74) is -0.274. The number of aliphatic hydroxyl groups excluding tert-OH is 1. The largest absolute Gasteiger partial charge is 0.373 e. The summed E-state index contributed by atoms with van der Waals surface area (Å²) in [6.45, 7) is 0. The van der Waals surface area contributed by atoms with Crippen LogP contribution in [-0.2, 0) is 0 Å². The molecule has 3 nitrogen and oxygen atoms in total. The lowest BCUT2D eigenvalue weighted by atomic mass is 10.1. The number of nitrogens with zero attached hydrogens (tertiary/aromatic N) is 2. The minimum atomic E-state index is -1.58. The summed E-state index contributed by atoms with van der Waals surface area (Å²) in [7, 11) is 0. The second kappa shape index (κ2) is 5.27. The van der Waals surface area contributed by atoms with Gasteiger partial charge < -0.3 is 5.11 Å². The Labute approximate surface area is 96.6 Å². The van der Waals surface area contributed by atoms with Crippen molar-refractivity contribution in [3.63, 3.8) is 0 Å². The molecule has 0 aliphatic heterocycles. The molecule has 0 heterocycles. The third-order valence-corrected chi connectivity index (χ3v) is 2.18. The lowest BCUT2D eigenvalue weighted by Crippen LogP contribution is -2.05. The van der Waals surface area contributed by atoms with Gasteiger partial charge in [-0.2, -0.15) is 10.5 Å². The SMILES string of the molecule is N#C/C(=C/c1c(F)cccc1Cl)[C@@H](O)C#N. The Morgan fingerprint density at radius 1 is 1.50 bits per heavy atom. The molecule has 0 saturated heterocycles. The molecule has 80 valence electrons. The smallest absolute Gasteiger partial charge is 0.175 e. The van der Waals surface area contributed by atoms with Gasteiger partial charge in [0.15, 0.2) is 6.10 Å². The standard InChI is InChI=1S/C11H6ClFN2O/c12-9-2-1-3-10(13)8(9)4-7(5-14)11(16)6-15/h1-4,11,16H/b7-4-/t11-/m0/s1. The molecule has 0 aliphatic carbocycles. The molecule has 0 saturated carbocycles. The minimum absolute atomic E-state index is 0.0185. The van der Waals surface area contributed by atoms with Gasteiger partial charge in [0.05, 0.1) is 22.7 Å². The number of benzene rings is 1. The molecule has 1 aromatic rings. The summed E-state index contributed by atoms with van der Waals surface area (Å²) in [5, 5.41) is 26.4. The molecule has 0 fully saturated rings. The van der Waals surface area contributed by atoms with Crippen molar-refractivity contribution in [1.82, 2.24) is 0 Å². The molecule has 0 aliphatic rings. The molecule has 1 rings (SSSR count). The van der Waals surface area contributed by atoms with Gasteiger partial charge in [0.2, 0.25) is 0 Å². The molecule has 0 aromatic heterocycles. The quantitative estimate of drug-likeness (QED) is 0.633. The van der Waals surface area contributed by atoms with Gasteiger partial charge in [-0.1, -0.05) is 17.7 Å². The monoisotopic (exact) mass is 236 g/mol. The number of aliphatic hydroxyl groups is 1. The van der Waals surface area contributed by atoms with Crippen molar-refractivity contribution in [3.8, 4) is 12.1 Å². The lowest BCUT2D eigenvalue weighted by Gasteiger charge is -2.02. The van der Waals surface area contributed by atoms with Crippen LogP contribution in [0.5, 0.6) is 0 Å². The normalized spacial score (nSPS) is 12.7. The summed E-state index contributed by atoms with van der Waals surface area (Å²) in [6.07, 6.45) is -0.522. The summed E-state index contributed by atoms with van der Waals surface area (Å²) >= 11 is 5.72. The van der Waals surface area contributed by atoms with Crippen LogP contribution in [0.3, 0.4) is 0 Å². The predicted octanol–water partition coefficient (Wildman–Crippen LogP) is 2.27. The van der Waals surface area contributed by atoms with Gasteiger partial charge in [-0.05, 0) is 18.2 Å². The van der Waals surface area contributed by atoms with Gasteiger partial charge in [-0.25, -0.2) is 4.39 Å². The van der Waals surface area contributed by atoms with E-state index < -0.39 is 11.9 Å². The second-order valence-electron chi connectivity index (χ2n) is 2.88. The maximum atomic E-state index is 13.3. The Hall–Kier alpha value is -1.88. The van der Waals surface area contributed by atoms with Crippen molar-refractivity contribution in [1.29, 1.82) is 10.5 Å². The highest BCUT2D eigenvalue weighted by molar-refractivity contribution is 6.32. The van der Waals surface area contributed by atoms with E-state index in [0.717, 1.165) is 6.08 Å². The van der Waals surface area contributed by atoms with E-state index >= 15 is 0 Å². The molecule has 5 heteroatoms. The Balaban J connectivity index is 3.27. The first-order valence-corrected chi connectivity index (χ1v) is 4.61. The Morgan fingerprint density at radius 2 is 2.19 bits per heavy atom. The molecular formula is C11H6ClFN2O. The van der Waals surface area contributed by atoms with Crippen LogP contribution in [0, 0.1) is 28.5 Å². The van der Waals surface area contributed by atoms with Crippen LogP contribution >= 0.6 is 11.6 Å². The number of halogens is 2. The van der Waals surface area contributed by atoms with Crippen molar-refractivity contribution in [2.75, 3.05) is 0 Å². The first-order valence-electron chi connectivity index (χ1n) is 4.23. The fourth-order valence-corrected chi connectivity index (χ4v) is 1.26. The minimum Gasteiger partial charge on any atom is -0.373 e. The van der Waals surface area contributed by atoms with E-state index in [9.17, 15) is 4.39 Å². The topological polar surface area (TPSA) is 67.8 Å². The highest BCUT2D eigenvalue weighted by Gasteiger charge is 2.12. The van der Waals surface area contributed by atoms with Crippen LogP contribution in [0.2, 0.25) is 5.02 Å². The summed E-state index contributed by atoms with van der Waals surface area (Å²) in [5.74, 6) is -0.620. The maximum absolute atomic E-state index is 13.3. The molecule has 1 atom stereocenters. The molecular weight excluding hydrogens is 231 g/mol. The third kappa shape index (κ3) is 2.58. The van der Waals surface area contributed by atoms with Crippen LogP contribution in [0.1, 0.15) is 5.56 Å². The molecule has 0 amide bonds. The van der Waals surface area contributed by atoms with Crippen LogP contribution in [0.4, 0.5) is 4.39 Å². The molecule has 1 aromatic carbocycles. The van der Waals surface area contributed by atoms with Gasteiger partial charge >= 0.3 is 0 Å². The average molecular weight is 237 g/mol. The zero-order valence-electron chi connectivity index (χ0n) is 7.98. The van der Waals surface area contributed by atoms with Gasteiger partial charge in [0.25, 0.3) is 0 Å². The van der Waals surface area contributed by atoms with E-state index in [1.807, 2.05) is 0 Å². The molecule has 16 heavy (non-hydrogen) atoms. The van der Waals surface area contributed by atoms with Gasteiger partial charge in [-0.15, -0.1) is 0 Å². The van der Waals surface area contributed by atoms with Crippen LogP contribution in [-0.4, -0.2) is 11.2 Å². The molecule has 0 unspecified atom stereocenters. The second-order valence-corrected chi connectivity index (χ2v) is 3.29. The Morgan fingerprint density at radius 3 is 2.69 bits per heavy atom. The van der Waals surface area contributed by atoms with Gasteiger partial charge in [-0.3, -0.25) is 0 Å². The molecule has 0 spiro atoms. The van der Waals surface area contributed by atoms with Crippen molar-refractivity contribution >= 4 is 17.7 Å². The number of rotatable bonds is 2. The van der Waals surface area contributed by atoms with E-state index in [2.05, 4.69) is 0 Å².